The molecule has 0 fully saturated rings. The van der Waals surface area contributed by atoms with E-state index in [9.17, 15) is 4.21 Å². The fraction of sp³-hybridized carbons (Fsp3) is 0.364. The predicted octanol–water partition coefficient (Wildman–Crippen LogP) is 2.39. The highest BCUT2D eigenvalue weighted by molar-refractivity contribution is 7.84. The predicted molar refractivity (Wildman–Crippen MR) is 68.2 cm³/mol. The molecule has 1 N–H and O–H groups in total. The van der Waals surface area contributed by atoms with E-state index in [0.29, 0.717) is 22.9 Å². The molecular weight excluding hydrogens is 244 g/mol. The van der Waals surface area contributed by atoms with Gasteiger partial charge in [0.05, 0.1) is 16.3 Å². The molecule has 1 aromatic carbocycles. The molecule has 3 nitrogen and oxygen atoms in total. The van der Waals surface area contributed by atoms with E-state index >= 15 is 0 Å². The van der Waals surface area contributed by atoms with Gasteiger partial charge in [0, 0.05) is 29.4 Å². The van der Waals surface area contributed by atoms with Crippen LogP contribution in [-0.2, 0) is 10.8 Å². The van der Waals surface area contributed by atoms with Crippen LogP contribution in [0.25, 0.3) is 0 Å². The van der Waals surface area contributed by atoms with E-state index in [1.165, 1.54) is 0 Å². The van der Waals surface area contributed by atoms with Crippen molar-refractivity contribution in [3.8, 4) is 6.07 Å². The van der Waals surface area contributed by atoms with Gasteiger partial charge in [0.15, 0.2) is 0 Å². The van der Waals surface area contributed by atoms with Gasteiger partial charge in [-0.25, -0.2) is 0 Å². The minimum Gasteiger partial charge on any atom is -0.384 e. The number of nitrogens with one attached hydrogen (secondary N) is 1. The summed E-state index contributed by atoms with van der Waals surface area (Å²) >= 11 is 5.88. The molecule has 0 aliphatic heterocycles. The summed E-state index contributed by atoms with van der Waals surface area (Å²) in [5, 5.41) is 12.5. The van der Waals surface area contributed by atoms with Crippen molar-refractivity contribution >= 4 is 28.1 Å². The highest BCUT2D eigenvalue weighted by Crippen LogP contribution is 2.22. The Balaban J connectivity index is 2.58. The number of rotatable bonds is 5. The summed E-state index contributed by atoms with van der Waals surface area (Å²) in [7, 11) is -0.766. The van der Waals surface area contributed by atoms with Crippen molar-refractivity contribution in [2.24, 2.45) is 0 Å². The van der Waals surface area contributed by atoms with Crippen molar-refractivity contribution in [3.63, 3.8) is 0 Å². The normalized spacial score (nSPS) is 11.8. The van der Waals surface area contributed by atoms with Gasteiger partial charge >= 0.3 is 0 Å². The Hall–Kier alpha value is -1.05. The van der Waals surface area contributed by atoms with Gasteiger partial charge in [-0.05, 0) is 18.6 Å². The summed E-state index contributed by atoms with van der Waals surface area (Å²) in [6.07, 6.45) is 2.49. The highest BCUT2D eigenvalue weighted by atomic mass is 35.5. The smallest absolute Gasteiger partial charge is 0.103 e. The zero-order valence-electron chi connectivity index (χ0n) is 9.00. The average Bonchev–Trinajstić information content (AvgIpc) is 2.24. The van der Waals surface area contributed by atoms with Gasteiger partial charge in [0.2, 0.25) is 0 Å². The number of benzene rings is 1. The molecule has 16 heavy (non-hydrogen) atoms. The molecule has 0 saturated heterocycles. The van der Waals surface area contributed by atoms with Gasteiger partial charge in [0.25, 0.3) is 0 Å². The van der Waals surface area contributed by atoms with Crippen LogP contribution in [0.5, 0.6) is 0 Å². The van der Waals surface area contributed by atoms with Crippen LogP contribution in [-0.4, -0.2) is 22.8 Å². The summed E-state index contributed by atoms with van der Waals surface area (Å²) in [6.45, 7) is 0.689. The van der Waals surface area contributed by atoms with Crippen LogP contribution in [0.1, 0.15) is 12.0 Å². The first-order valence-electron chi connectivity index (χ1n) is 4.87. The van der Waals surface area contributed by atoms with E-state index in [2.05, 4.69) is 11.4 Å². The Kier molecular flexibility index (Phi) is 5.30. The molecule has 1 aromatic rings. The van der Waals surface area contributed by atoms with Crippen LogP contribution in [0.15, 0.2) is 18.2 Å². The van der Waals surface area contributed by atoms with Crippen LogP contribution >= 0.6 is 11.6 Å². The van der Waals surface area contributed by atoms with E-state index in [1.807, 2.05) is 6.07 Å². The lowest BCUT2D eigenvalue weighted by molar-refractivity contribution is 0.685. The lowest BCUT2D eigenvalue weighted by Gasteiger charge is -2.08. The number of nitriles is 1. The number of hydrogen-bond acceptors (Lipinski definition) is 3. The molecule has 0 heterocycles. The standard InChI is InChI=1S/C11H13ClN2OS/c1-16(15)7-3-6-14-11-5-2-4-10(12)9(11)8-13/h2,4-5,14H,3,6-7H2,1H3. The van der Waals surface area contributed by atoms with Crippen molar-refractivity contribution in [2.75, 3.05) is 23.9 Å². The van der Waals surface area contributed by atoms with E-state index < -0.39 is 10.8 Å². The molecule has 0 aromatic heterocycles. The lowest BCUT2D eigenvalue weighted by atomic mass is 10.2. The molecule has 0 spiro atoms. The molecule has 0 radical (unpaired) electrons. The van der Waals surface area contributed by atoms with Crippen molar-refractivity contribution in [1.82, 2.24) is 0 Å². The SMILES string of the molecule is CS(=O)CCCNc1cccc(Cl)c1C#N. The maximum atomic E-state index is 10.8. The van der Waals surface area contributed by atoms with Gasteiger partial charge in [0.1, 0.15) is 6.07 Å². The number of halogens is 1. The zero-order chi connectivity index (χ0) is 12.0. The Labute approximate surface area is 103 Å². The van der Waals surface area contributed by atoms with Crippen molar-refractivity contribution < 1.29 is 4.21 Å². The third-order valence-electron chi connectivity index (χ3n) is 2.05. The third-order valence-corrected chi connectivity index (χ3v) is 3.23. The van der Waals surface area contributed by atoms with E-state index in [0.717, 1.165) is 12.1 Å². The minimum atomic E-state index is -0.766. The summed E-state index contributed by atoms with van der Waals surface area (Å²) in [6, 6.07) is 7.35. The molecular formula is C11H13ClN2OS. The molecule has 0 aliphatic carbocycles. The first-order chi connectivity index (χ1) is 7.65. The second-order valence-electron chi connectivity index (χ2n) is 3.33. The van der Waals surface area contributed by atoms with Gasteiger partial charge < -0.3 is 5.32 Å². The lowest BCUT2D eigenvalue weighted by Crippen LogP contribution is -2.07. The maximum Gasteiger partial charge on any atom is 0.103 e. The Morgan fingerprint density at radius 1 is 1.56 bits per heavy atom. The molecule has 86 valence electrons. The number of anilines is 1. The quantitative estimate of drug-likeness (QED) is 0.823. The first-order valence-corrected chi connectivity index (χ1v) is 6.98. The van der Waals surface area contributed by atoms with Crippen LogP contribution in [0.2, 0.25) is 5.02 Å². The van der Waals surface area contributed by atoms with Crippen LogP contribution < -0.4 is 5.32 Å². The first kappa shape index (κ1) is 13.0. The topological polar surface area (TPSA) is 52.9 Å². The molecule has 0 bridgehead atoms. The van der Waals surface area contributed by atoms with Crippen molar-refractivity contribution in [2.45, 2.75) is 6.42 Å². The molecule has 1 rings (SSSR count). The van der Waals surface area contributed by atoms with Crippen molar-refractivity contribution in [1.29, 1.82) is 5.26 Å². The van der Waals surface area contributed by atoms with Gasteiger partial charge in [-0.2, -0.15) is 5.26 Å². The molecule has 5 heteroatoms. The number of hydrogen-bond donors (Lipinski definition) is 1. The second kappa shape index (κ2) is 6.51. The van der Waals surface area contributed by atoms with Crippen LogP contribution in [0.4, 0.5) is 5.69 Å². The Bertz CT molecular complexity index is 428. The largest absolute Gasteiger partial charge is 0.384 e. The Morgan fingerprint density at radius 2 is 2.31 bits per heavy atom. The van der Waals surface area contributed by atoms with Gasteiger partial charge in [-0.15, -0.1) is 0 Å². The molecule has 1 unspecified atom stereocenters. The Morgan fingerprint density at radius 3 is 2.94 bits per heavy atom. The van der Waals surface area contributed by atoms with Gasteiger partial charge in [-0.3, -0.25) is 4.21 Å². The summed E-state index contributed by atoms with van der Waals surface area (Å²) in [5.41, 5.74) is 1.19. The molecule has 0 aliphatic rings. The summed E-state index contributed by atoms with van der Waals surface area (Å²) in [4.78, 5) is 0. The molecule has 0 saturated carbocycles. The minimum absolute atomic E-state index is 0.451. The average molecular weight is 257 g/mol. The highest BCUT2D eigenvalue weighted by Gasteiger charge is 2.05. The zero-order valence-corrected chi connectivity index (χ0v) is 10.6. The van der Waals surface area contributed by atoms with Gasteiger partial charge in [-0.1, -0.05) is 17.7 Å². The molecule has 0 amide bonds. The van der Waals surface area contributed by atoms with E-state index in [1.54, 1.807) is 18.4 Å². The van der Waals surface area contributed by atoms with Crippen LogP contribution in [0.3, 0.4) is 0 Å². The third kappa shape index (κ3) is 3.84. The second-order valence-corrected chi connectivity index (χ2v) is 5.29. The van der Waals surface area contributed by atoms with E-state index in [4.69, 9.17) is 16.9 Å². The summed E-state index contributed by atoms with van der Waals surface area (Å²) in [5.74, 6) is 0.662. The number of nitrogens with zero attached hydrogens (tertiary/aromatic N) is 1. The summed E-state index contributed by atoms with van der Waals surface area (Å²) < 4.78 is 10.8. The monoisotopic (exact) mass is 256 g/mol. The maximum absolute atomic E-state index is 10.8. The van der Waals surface area contributed by atoms with E-state index in [-0.39, 0.29) is 0 Å². The fourth-order valence-corrected chi connectivity index (χ4v) is 2.05. The van der Waals surface area contributed by atoms with Crippen molar-refractivity contribution in [3.05, 3.63) is 28.8 Å². The molecule has 1 atom stereocenters. The van der Waals surface area contributed by atoms with Crippen LogP contribution in [0, 0.1) is 11.3 Å². The fourth-order valence-electron chi connectivity index (χ4n) is 1.28.